The molecule has 13 heavy (non-hydrogen) atoms. The van der Waals surface area contributed by atoms with Gasteiger partial charge < -0.3 is 14.9 Å². The molecule has 0 bridgehead atoms. The van der Waals surface area contributed by atoms with Gasteiger partial charge in [0.1, 0.15) is 0 Å². The fourth-order valence-corrected chi connectivity index (χ4v) is 1.63. The zero-order chi connectivity index (χ0) is 6.69. The van der Waals surface area contributed by atoms with E-state index in [1.165, 1.54) is 5.19 Å². The molecule has 1 aromatic rings. The van der Waals surface area contributed by atoms with Crippen LogP contribution < -0.4 is 24.0 Å². The summed E-state index contributed by atoms with van der Waals surface area (Å²) in [5.41, 5.74) is 0. The van der Waals surface area contributed by atoms with Crippen molar-refractivity contribution >= 4 is 14.0 Å². The van der Waals surface area contributed by atoms with Crippen LogP contribution in [0.15, 0.2) is 30.3 Å². The summed E-state index contributed by atoms with van der Waals surface area (Å²) in [4.78, 5) is 0. The third-order valence-electron chi connectivity index (χ3n) is 1.35. The molecule has 1 aromatic carbocycles. The van der Waals surface area contributed by atoms with Gasteiger partial charge in [0.15, 0.2) is 0 Å². The second-order valence-electron chi connectivity index (χ2n) is 2.37. The normalized spacial score (nSPS) is 7.00. The van der Waals surface area contributed by atoms with Gasteiger partial charge in [0.25, 0.3) is 0 Å². The molecular formula is C10H17LiSiZn-. The maximum atomic E-state index is 2.31. The van der Waals surface area contributed by atoms with Gasteiger partial charge in [0.05, 0.1) is 8.80 Å². The quantitative estimate of drug-likeness (QED) is 0.459. The Labute approximate surface area is 110 Å². The molecule has 0 aromatic heterocycles. The SMILES string of the molecule is C[Si](C)c1ccccc1.[CH3-].[CH3-].[Li+].[Zn]. The minimum atomic E-state index is -0.212. The Morgan fingerprint density at radius 1 is 0.923 bits per heavy atom. The Balaban J connectivity index is -0.000000101. The molecule has 0 heterocycles. The van der Waals surface area contributed by atoms with E-state index < -0.39 is 0 Å². The van der Waals surface area contributed by atoms with Crippen molar-refractivity contribution in [1.29, 1.82) is 0 Å². The first-order chi connectivity index (χ1) is 4.30. The number of benzene rings is 1. The molecule has 1 rings (SSSR count). The number of rotatable bonds is 1. The average molecular weight is 238 g/mol. The fourth-order valence-electron chi connectivity index (χ4n) is 0.771. The van der Waals surface area contributed by atoms with Crippen LogP contribution in [0.2, 0.25) is 13.1 Å². The molecule has 0 amide bonds. The topological polar surface area (TPSA) is 0 Å². The molecule has 0 unspecified atom stereocenters. The van der Waals surface area contributed by atoms with Gasteiger partial charge in [-0.05, 0) is 0 Å². The van der Waals surface area contributed by atoms with E-state index in [-0.39, 0.29) is 62.0 Å². The van der Waals surface area contributed by atoms with E-state index in [0.717, 1.165) is 0 Å². The summed E-state index contributed by atoms with van der Waals surface area (Å²) < 4.78 is 0. The Morgan fingerprint density at radius 3 is 1.54 bits per heavy atom. The summed E-state index contributed by atoms with van der Waals surface area (Å²) in [6.07, 6.45) is 0. The predicted octanol–water partition coefficient (Wildman–Crippen LogP) is -0.450. The van der Waals surface area contributed by atoms with Crippen molar-refractivity contribution in [2.45, 2.75) is 13.1 Å². The van der Waals surface area contributed by atoms with Crippen LogP contribution in [0.1, 0.15) is 0 Å². The van der Waals surface area contributed by atoms with Crippen molar-refractivity contribution in [3.05, 3.63) is 45.2 Å². The van der Waals surface area contributed by atoms with E-state index in [1.807, 2.05) is 0 Å². The molecule has 0 aliphatic rings. The van der Waals surface area contributed by atoms with Crippen LogP contribution in [0, 0.1) is 14.9 Å². The molecule has 0 aliphatic heterocycles. The van der Waals surface area contributed by atoms with E-state index in [2.05, 4.69) is 43.4 Å². The molecule has 3 heteroatoms. The van der Waals surface area contributed by atoms with E-state index in [1.54, 1.807) is 0 Å². The first kappa shape index (κ1) is 23.5. The van der Waals surface area contributed by atoms with E-state index in [0.29, 0.717) is 0 Å². The van der Waals surface area contributed by atoms with Crippen molar-refractivity contribution in [2.75, 3.05) is 0 Å². The van der Waals surface area contributed by atoms with Crippen LogP contribution in [0.5, 0.6) is 0 Å². The second kappa shape index (κ2) is 12.7. The maximum absolute atomic E-state index is 2.31. The molecule has 0 spiro atoms. The standard InChI is InChI=1S/C8H11Si.2CH3.Li.Zn/c1-9(2)8-6-4-3-5-7-8;;;;/h3-7H,1-2H3;2*1H3;;/q;2*-1;+1;. The van der Waals surface area contributed by atoms with E-state index in [9.17, 15) is 0 Å². The first-order valence-corrected chi connectivity index (χ1v) is 5.66. The summed E-state index contributed by atoms with van der Waals surface area (Å²) >= 11 is 0. The van der Waals surface area contributed by atoms with Gasteiger partial charge in [-0.3, -0.25) is 0 Å². The largest absolute Gasteiger partial charge is 1.00 e. The molecule has 0 nitrogen and oxygen atoms in total. The zero-order valence-electron chi connectivity index (χ0n) is 9.59. The zero-order valence-corrected chi connectivity index (χ0v) is 13.6. The third-order valence-corrected chi connectivity index (χ3v) is 2.84. The summed E-state index contributed by atoms with van der Waals surface area (Å²) in [6, 6.07) is 10.7. The Kier molecular flexibility index (Phi) is 22.8. The predicted molar refractivity (Wildman–Crippen MR) is 56.4 cm³/mol. The molecular weight excluding hydrogens is 221 g/mol. The second-order valence-corrected chi connectivity index (χ2v) is 4.94. The molecule has 1 radical (unpaired) electrons. The molecule has 65 valence electrons. The first-order valence-electron chi connectivity index (χ1n) is 3.16. The monoisotopic (exact) mass is 236 g/mol. The number of hydrogen-bond donors (Lipinski definition) is 0. The smallest absolute Gasteiger partial charge is 0.358 e. The van der Waals surface area contributed by atoms with Gasteiger partial charge in [-0.2, -0.15) is 0 Å². The van der Waals surface area contributed by atoms with Crippen LogP contribution in [0.25, 0.3) is 0 Å². The summed E-state index contributed by atoms with van der Waals surface area (Å²) in [7, 11) is -0.212. The summed E-state index contributed by atoms with van der Waals surface area (Å²) in [5, 5.41) is 1.52. The van der Waals surface area contributed by atoms with Crippen molar-refractivity contribution in [2.24, 2.45) is 0 Å². The van der Waals surface area contributed by atoms with Crippen molar-refractivity contribution < 1.29 is 38.3 Å². The van der Waals surface area contributed by atoms with Gasteiger partial charge >= 0.3 is 18.9 Å². The summed E-state index contributed by atoms with van der Waals surface area (Å²) in [6.45, 7) is 4.61. The van der Waals surface area contributed by atoms with Crippen LogP contribution in [0.4, 0.5) is 0 Å². The Hall–Kier alpha value is 0.658. The minimum absolute atomic E-state index is 0. The van der Waals surface area contributed by atoms with Crippen molar-refractivity contribution in [3.63, 3.8) is 0 Å². The third kappa shape index (κ3) is 8.97. The van der Waals surface area contributed by atoms with Gasteiger partial charge in [-0.1, -0.05) is 48.6 Å². The molecule has 0 N–H and O–H groups in total. The maximum Gasteiger partial charge on any atom is 1.00 e. The summed E-state index contributed by atoms with van der Waals surface area (Å²) in [5.74, 6) is 0. The molecule has 0 aliphatic carbocycles. The van der Waals surface area contributed by atoms with Crippen LogP contribution in [-0.4, -0.2) is 8.80 Å². The van der Waals surface area contributed by atoms with E-state index >= 15 is 0 Å². The molecule has 0 fully saturated rings. The average Bonchev–Trinajstić information content (AvgIpc) is 1.90. The van der Waals surface area contributed by atoms with Gasteiger partial charge in [-0.25, -0.2) is 0 Å². The minimum Gasteiger partial charge on any atom is -0.358 e. The molecule has 0 saturated carbocycles. The van der Waals surface area contributed by atoms with Gasteiger partial charge in [0, 0.05) is 19.5 Å². The van der Waals surface area contributed by atoms with Crippen LogP contribution in [0.3, 0.4) is 0 Å². The van der Waals surface area contributed by atoms with Crippen LogP contribution in [-0.2, 0) is 19.5 Å². The fraction of sp³-hybridized carbons (Fsp3) is 0.200. The number of hydrogen-bond acceptors (Lipinski definition) is 0. The van der Waals surface area contributed by atoms with E-state index in [4.69, 9.17) is 0 Å². The van der Waals surface area contributed by atoms with Crippen LogP contribution >= 0.6 is 0 Å². The van der Waals surface area contributed by atoms with Gasteiger partial charge in [0.2, 0.25) is 0 Å². The van der Waals surface area contributed by atoms with Crippen molar-refractivity contribution in [1.82, 2.24) is 0 Å². The Morgan fingerprint density at radius 2 is 1.31 bits per heavy atom. The Bertz CT molecular complexity index is 178. The molecule has 0 atom stereocenters. The van der Waals surface area contributed by atoms with Gasteiger partial charge in [-0.15, -0.1) is 0 Å². The molecule has 0 saturated heterocycles. The van der Waals surface area contributed by atoms with Crippen molar-refractivity contribution in [3.8, 4) is 0 Å².